The minimum atomic E-state index is 0.673. The van der Waals surface area contributed by atoms with E-state index < -0.39 is 0 Å². The molecule has 2 unspecified atom stereocenters. The summed E-state index contributed by atoms with van der Waals surface area (Å²) in [7, 11) is 1.64. The summed E-state index contributed by atoms with van der Waals surface area (Å²) in [6.45, 7) is 1.14. The molecule has 3 rings (SSSR count). The molecule has 1 aliphatic heterocycles. The molecule has 2 bridgehead atoms. The Balaban J connectivity index is 1.86. The van der Waals surface area contributed by atoms with Crippen LogP contribution >= 0.6 is 0 Å². The van der Waals surface area contributed by atoms with Gasteiger partial charge in [-0.05, 0) is 36.0 Å². The molecule has 2 heterocycles. The van der Waals surface area contributed by atoms with Crippen LogP contribution in [-0.4, -0.2) is 24.7 Å². The summed E-state index contributed by atoms with van der Waals surface area (Å²) in [5.41, 5.74) is 2.67. The molecule has 84 valence electrons. The Morgan fingerprint density at radius 1 is 1.44 bits per heavy atom. The first-order valence-corrected chi connectivity index (χ1v) is 5.79. The molecular weight excluding hydrogens is 200 g/mol. The van der Waals surface area contributed by atoms with E-state index in [0.29, 0.717) is 11.9 Å². The average molecular weight is 216 g/mol. The van der Waals surface area contributed by atoms with E-state index >= 15 is 0 Å². The number of nitrogens with one attached hydrogen (secondary N) is 1. The monoisotopic (exact) mass is 216 g/mol. The van der Waals surface area contributed by atoms with E-state index in [9.17, 15) is 0 Å². The highest BCUT2D eigenvalue weighted by Gasteiger charge is 2.28. The van der Waals surface area contributed by atoms with E-state index in [4.69, 9.17) is 4.74 Å². The Morgan fingerprint density at radius 2 is 2.38 bits per heavy atom. The molecule has 0 saturated carbocycles. The highest BCUT2D eigenvalue weighted by molar-refractivity contribution is 5.67. The molecule has 0 spiro atoms. The molecule has 1 aliphatic carbocycles. The molecule has 3 nitrogen and oxygen atoms in total. The van der Waals surface area contributed by atoms with Crippen molar-refractivity contribution in [1.29, 1.82) is 0 Å². The van der Waals surface area contributed by atoms with Crippen LogP contribution in [0.4, 0.5) is 0 Å². The van der Waals surface area contributed by atoms with Gasteiger partial charge >= 0.3 is 0 Å². The summed E-state index contributed by atoms with van der Waals surface area (Å²) in [5, 5.41) is 3.54. The molecule has 0 amide bonds. The van der Waals surface area contributed by atoms with Gasteiger partial charge in [0.2, 0.25) is 5.88 Å². The second kappa shape index (κ2) is 3.91. The first kappa shape index (κ1) is 9.85. The quantitative estimate of drug-likeness (QED) is 0.819. The average Bonchev–Trinajstić information content (AvgIpc) is 2.68. The summed E-state index contributed by atoms with van der Waals surface area (Å²) in [4.78, 5) is 4.26. The SMILES string of the molecule is COc1ccc(C2=CC3CNC(C2)C3)cn1. The maximum atomic E-state index is 5.07. The summed E-state index contributed by atoms with van der Waals surface area (Å²) < 4.78 is 5.07. The fraction of sp³-hybridized carbons (Fsp3) is 0.462. The molecule has 1 aromatic rings. The number of methoxy groups -OCH3 is 1. The molecule has 1 fully saturated rings. The Labute approximate surface area is 95.5 Å². The standard InChI is InChI=1S/C13H16N2O/c1-16-13-3-2-10(8-15-13)11-4-9-5-12(6-11)14-7-9/h2-4,8-9,12,14H,5-7H2,1H3. The Hall–Kier alpha value is -1.35. The van der Waals surface area contributed by atoms with Gasteiger partial charge in [0.05, 0.1) is 7.11 Å². The number of nitrogens with zero attached hydrogens (tertiary/aromatic N) is 1. The van der Waals surface area contributed by atoms with E-state index in [1.165, 1.54) is 17.6 Å². The first-order chi connectivity index (χ1) is 7.85. The van der Waals surface area contributed by atoms with E-state index in [-0.39, 0.29) is 0 Å². The van der Waals surface area contributed by atoms with E-state index in [2.05, 4.69) is 22.4 Å². The molecule has 1 aromatic heterocycles. The minimum Gasteiger partial charge on any atom is -0.481 e. The Bertz CT molecular complexity index is 410. The van der Waals surface area contributed by atoms with Crippen LogP contribution in [0.5, 0.6) is 5.88 Å². The van der Waals surface area contributed by atoms with Gasteiger partial charge in [-0.25, -0.2) is 4.98 Å². The highest BCUT2D eigenvalue weighted by Crippen LogP contribution is 2.33. The molecule has 0 radical (unpaired) electrons. The highest BCUT2D eigenvalue weighted by atomic mass is 16.5. The minimum absolute atomic E-state index is 0.673. The van der Waals surface area contributed by atoms with Gasteiger partial charge in [-0.1, -0.05) is 6.08 Å². The summed E-state index contributed by atoms with van der Waals surface area (Å²) >= 11 is 0. The predicted molar refractivity (Wildman–Crippen MR) is 63.3 cm³/mol. The van der Waals surface area contributed by atoms with Crippen molar-refractivity contribution in [3.05, 3.63) is 30.0 Å². The lowest BCUT2D eigenvalue weighted by atomic mass is 9.88. The van der Waals surface area contributed by atoms with Crippen molar-refractivity contribution in [2.75, 3.05) is 13.7 Å². The third-order valence-corrected chi connectivity index (χ3v) is 3.48. The summed E-state index contributed by atoms with van der Waals surface area (Å²) in [6, 6.07) is 4.70. The van der Waals surface area contributed by atoms with Gasteiger partial charge in [-0.3, -0.25) is 0 Å². The summed E-state index contributed by atoms with van der Waals surface area (Å²) in [5.74, 6) is 1.40. The van der Waals surface area contributed by atoms with Gasteiger partial charge in [0.25, 0.3) is 0 Å². The molecular formula is C13H16N2O. The van der Waals surface area contributed by atoms with Crippen LogP contribution < -0.4 is 10.1 Å². The summed E-state index contributed by atoms with van der Waals surface area (Å²) in [6.07, 6.45) is 6.74. The number of hydrogen-bond acceptors (Lipinski definition) is 3. The molecule has 1 saturated heterocycles. The smallest absolute Gasteiger partial charge is 0.212 e. The zero-order valence-electron chi connectivity index (χ0n) is 9.44. The van der Waals surface area contributed by atoms with E-state index in [0.717, 1.165) is 18.9 Å². The van der Waals surface area contributed by atoms with Crippen LogP contribution in [0.15, 0.2) is 24.4 Å². The number of rotatable bonds is 2. The van der Waals surface area contributed by atoms with E-state index in [1.807, 2.05) is 12.3 Å². The zero-order chi connectivity index (χ0) is 11.0. The lowest BCUT2D eigenvalue weighted by Crippen LogP contribution is -2.21. The van der Waals surface area contributed by atoms with Crippen molar-refractivity contribution in [2.24, 2.45) is 5.92 Å². The van der Waals surface area contributed by atoms with Gasteiger partial charge in [0.15, 0.2) is 0 Å². The topological polar surface area (TPSA) is 34.1 Å². The molecule has 1 N–H and O–H groups in total. The van der Waals surface area contributed by atoms with Crippen LogP contribution in [0.1, 0.15) is 18.4 Å². The van der Waals surface area contributed by atoms with Crippen LogP contribution in [0.25, 0.3) is 5.57 Å². The number of hydrogen-bond donors (Lipinski definition) is 1. The molecule has 16 heavy (non-hydrogen) atoms. The van der Waals surface area contributed by atoms with Crippen LogP contribution in [0.3, 0.4) is 0 Å². The van der Waals surface area contributed by atoms with Crippen molar-refractivity contribution in [1.82, 2.24) is 10.3 Å². The fourth-order valence-electron chi connectivity index (χ4n) is 2.66. The van der Waals surface area contributed by atoms with Crippen LogP contribution in [0.2, 0.25) is 0 Å². The largest absolute Gasteiger partial charge is 0.481 e. The predicted octanol–water partition coefficient (Wildman–Crippen LogP) is 1.86. The van der Waals surface area contributed by atoms with Crippen LogP contribution in [0, 0.1) is 5.92 Å². The molecule has 2 atom stereocenters. The van der Waals surface area contributed by atoms with Crippen molar-refractivity contribution in [2.45, 2.75) is 18.9 Å². The first-order valence-electron chi connectivity index (χ1n) is 5.79. The maximum absolute atomic E-state index is 5.07. The molecule has 0 aromatic carbocycles. The van der Waals surface area contributed by atoms with E-state index in [1.54, 1.807) is 7.11 Å². The van der Waals surface area contributed by atoms with Gasteiger partial charge in [-0.2, -0.15) is 0 Å². The van der Waals surface area contributed by atoms with Crippen molar-refractivity contribution >= 4 is 5.57 Å². The van der Waals surface area contributed by atoms with Crippen molar-refractivity contribution < 1.29 is 4.74 Å². The van der Waals surface area contributed by atoms with Crippen molar-refractivity contribution in [3.8, 4) is 5.88 Å². The van der Waals surface area contributed by atoms with Gasteiger partial charge in [0, 0.05) is 24.8 Å². The number of aromatic nitrogens is 1. The zero-order valence-corrected chi connectivity index (χ0v) is 9.44. The second-order valence-electron chi connectivity index (χ2n) is 4.59. The maximum Gasteiger partial charge on any atom is 0.212 e. The lowest BCUT2D eigenvalue weighted by molar-refractivity contribution is 0.398. The van der Waals surface area contributed by atoms with Crippen LogP contribution in [-0.2, 0) is 0 Å². The van der Waals surface area contributed by atoms with Gasteiger partial charge in [0.1, 0.15) is 0 Å². The fourth-order valence-corrected chi connectivity index (χ4v) is 2.66. The Morgan fingerprint density at radius 3 is 3.06 bits per heavy atom. The third-order valence-electron chi connectivity index (χ3n) is 3.48. The number of ether oxygens (including phenoxy) is 1. The molecule has 2 aliphatic rings. The van der Waals surface area contributed by atoms with Crippen molar-refractivity contribution in [3.63, 3.8) is 0 Å². The molecule has 3 heteroatoms. The number of fused-ring (bicyclic) bond motifs is 2. The lowest BCUT2D eigenvalue weighted by Gasteiger charge is -2.18. The van der Waals surface area contributed by atoms with Gasteiger partial charge < -0.3 is 10.1 Å². The number of pyridine rings is 1. The van der Waals surface area contributed by atoms with Gasteiger partial charge in [-0.15, -0.1) is 0 Å². The Kier molecular flexibility index (Phi) is 2.40. The third kappa shape index (κ3) is 1.71. The second-order valence-corrected chi connectivity index (χ2v) is 4.59. The normalized spacial score (nSPS) is 27.7.